The van der Waals surface area contributed by atoms with Crippen LogP contribution in [0.3, 0.4) is 0 Å². The first-order chi connectivity index (χ1) is 27.8. The number of nitrogens with zero attached hydrogens (tertiary/aromatic N) is 4. The molecule has 0 spiro atoms. The summed E-state index contributed by atoms with van der Waals surface area (Å²) in [5.41, 5.74) is 12.3. The van der Waals surface area contributed by atoms with Crippen LogP contribution in [0.2, 0.25) is 0 Å². The molecule has 11 aromatic rings. The highest BCUT2D eigenvalue weighted by molar-refractivity contribution is 6.13. The minimum absolute atomic E-state index is 0.590. The molecule has 262 valence electrons. The maximum atomic E-state index is 6.86. The van der Waals surface area contributed by atoms with Crippen molar-refractivity contribution in [2.45, 2.75) is 0 Å². The zero-order valence-electron chi connectivity index (χ0n) is 30.2. The zero-order chi connectivity index (χ0) is 37.0. The number of benzene rings is 8. The van der Waals surface area contributed by atoms with Crippen LogP contribution >= 0.6 is 0 Å². The summed E-state index contributed by atoms with van der Waals surface area (Å²) in [5, 5.41) is 4.53. The molecule has 0 bridgehead atoms. The van der Waals surface area contributed by atoms with Crippen LogP contribution in [0.5, 0.6) is 0 Å². The maximum Gasteiger partial charge on any atom is 0.164 e. The maximum absolute atomic E-state index is 6.86. The lowest BCUT2D eigenvalue weighted by Gasteiger charge is -2.14. The van der Waals surface area contributed by atoms with Crippen LogP contribution < -0.4 is 0 Å². The SMILES string of the molecule is c1ccc(-c2ccc3c(c2)c2ccccc2n3-c2ccccc2-c2cccc3c2oc2cc(-c4nc(-c5ccccc5)nc(-c5ccccc5)n4)ccc23)cc1. The van der Waals surface area contributed by atoms with Gasteiger partial charge in [0.2, 0.25) is 0 Å². The molecule has 0 unspecified atom stereocenters. The van der Waals surface area contributed by atoms with Crippen LogP contribution in [0.4, 0.5) is 0 Å². The Hall–Kier alpha value is -7.63. The van der Waals surface area contributed by atoms with Crippen LogP contribution in [0, 0.1) is 0 Å². The molecule has 5 nitrogen and oxygen atoms in total. The quantitative estimate of drug-likeness (QED) is 0.172. The third-order valence-corrected chi connectivity index (χ3v) is 10.7. The highest BCUT2D eigenvalue weighted by atomic mass is 16.3. The van der Waals surface area contributed by atoms with Crippen molar-refractivity contribution in [2.24, 2.45) is 0 Å². The summed E-state index contributed by atoms with van der Waals surface area (Å²) in [4.78, 5) is 14.8. The topological polar surface area (TPSA) is 56.7 Å². The van der Waals surface area contributed by atoms with Gasteiger partial charge in [-0.3, -0.25) is 0 Å². The standard InChI is InChI=1S/C51H32N4O/c1-4-15-33(16-5-1)36-28-30-46-43(31-36)39-22-11-13-26-45(39)55(46)44-25-12-10-21-38(44)41-23-14-24-42-40-29-27-37(32-47(40)56-48(41)42)51-53-49(34-17-6-2-7-18-34)52-50(54-51)35-19-8-3-9-20-35/h1-32H. The molecule has 11 rings (SSSR count). The molecule has 0 aliphatic rings. The zero-order valence-corrected chi connectivity index (χ0v) is 30.2. The number of rotatable bonds is 6. The fraction of sp³-hybridized carbons (Fsp3) is 0. The molecule has 0 amide bonds. The molecule has 3 aromatic heterocycles. The van der Waals surface area contributed by atoms with E-state index in [1.807, 2.05) is 60.7 Å². The van der Waals surface area contributed by atoms with Gasteiger partial charge >= 0.3 is 0 Å². The van der Waals surface area contributed by atoms with Crippen molar-refractivity contribution < 1.29 is 4.42 Å². The van der Waals surface area contributed by atoms with Crippen molar-refractivity contribution in [3.8, 4) is 62.1 Å². The summed E-state index contributed by atoms with van der Waals surface area (Å²) < 4.78 is 9.25. The van der Waals surface area contributed by atoms with Gasteiger partial charge in [0.15, 0.2) is 17.5 Å². The molecular weight excluding hydrogens is 685 g/mol. The van der Waals surface area contributed by atoms with Gasteiger partial charge < -0.3 is 8.98 Å². The van der Waals surface area contributed by atoms with Gasteiger partial charge in [0.1, 0.15) is 11.2 Å². The molecule has 0 saturated heterocycles. The van der Waals surface area contributed by atoms with E-state index in [1.165, 1.54) is 21.9 Å². The summed E-state index contributed by atoms with van der Waals surface area (Å²) in [6, 6.07) is 67.5. The molecule has 0 fully saturated rings. The fourth-order valence-electron chi connectivity index (χ4n) is 8.03. The van der Waals surface area contributed by atoms with Gasteiger partial charge in [-0.25, -0.2) is 15.0 Å². The Labute approximate surface area is 322 Å². The average molecular weight is 717 g/mol. The molecule has 56 heavy (non-hydrogen) atoms. The lowest BCUT2D eigenvalue weighted by molar-refractivity contribution is 0.670. The van der Waals surface area contributed by atoms with Gasteiger partial charge in [0.05, 0.1) is 16.7 Å². The molecular formula is C51H32N4O. The molecule has 0 N–H and O–H groups in total. The molecule has 8 aromatic carbocycles. The lowest BCUT2D eigenvalue weighted by Crippen LogP contribution is -2.00. The largest absolute Gasteiger partial charge is 0.455 e. The number of hydrogen-bond donors (Lipinski definition) is 0. The minimum atomic E-state index is 0.590. The van der Waals surface area contributed by atoms with Gasteiger partial charge in [-0.15, -0.1) is 0 Å². The van der Waals surface area contributed by atoms with E-state index in [0.29, 0.717) is 17.5 Å². The van der Waals surface area contributed by atoms with Crippen LogP contribution in [0.15, 0.2) is 199 Å². The van der Waals surface area contributed by atoms with Crippen molar-refractivity contribution >= 4 is 43.7 Å². The van der Waals surface area contributed by atoms with E-state index >= 15 is 0 Å². The van der Waals surface area contributed by atoms with Crippen molar-refractivity contribution in [3.05, 3.63) is 194 Å². The second kappa shape index (κ2) is 13.0. The Morgan fingerprint density at radius 1 is 0.339 bits per heavy atom. The monoisotopic (exact) mass is 716 g/mol. The number of para-hydroxylation sites is 3. The van der Waals surface area contributed by atoms with Crippen LogP contribution in [0.25, 0.3) is 106 Å². The number of fused-ring (bicyclic) bond motifs is 6. The van der Waals surface area contributed by atoms with Crippen molar-refractivity contribution in [1.29, 1.82) is 0 Å². The van der Waals surface area contributed by atoms with E-state index in [2.05, 4.69) is 138 Å². The molecule has 0 aliphatic carbocycles. The third kappa shape index (κ3) is 5.29. The smallest absolute Gasteiger partial charge is 0.164 e. The number of furan rings is 1. The van der Waals surface area contributed by atoms with E-state index in [1.54, 1.807) is 0 Å². The lowest BCUT2D eigenvalue weighted by atomic mass is 10.00. The summed E-state index contributed by atoms with van der Waals surface area (Å²) in [6.07, 6.45) is 0. The van der Waals surface area contributed by atoms with Gasteiger partial charge in [-0.05, 0) is 47.5 Å². The molecule has 3 heterocycles. The highest BCUT2D eigenvalue weighted by Gasteiger charge is 2.20. The van der Waals surface area contributed by atoms with E-state index in [0.717, 1.165) is 66.5 Å². The van der Waals surface area contributed by atoms with Gasteiger partial charge in [-0.1, -0.05) is 158 Å². The van der Waals surface area contributed by atoms with E-state index < -0.39 is 0 Å². The number of hydrogen-bond acceptors (Lipinski definition) is 4. The summed E-state index contributed by atoms with van der Waals surface area (Å²) >= 11 is 0. The number of aromatic nitrogens is 4. The first-order valence-electron chi connectivity index (χ1n) is 18.8. The molecule has 0 aliphatic heterocycles. The Bertz CT molecular complexity index is 3180. The normalized spacial score (nSPS) is 11.6. The summed E-state index contributed by atoms with van der Waals surface area (Å²) in [7, 11) is 0. The molecule has 0 saturated carbocycles. The Morgan fingerprint density at radius 3 is 1.62 bits per heavy atom. The van der Waals surface area contributed by atoms with Crippen LogP contribution in [0.1, 0.15) is 0 Å². The van der Waals surface area contributed by atoms with Gasteiger partial charge in [0, 0.05) is 49.4 Å². The van der Waals surface area contributed by atoms with Gasteiger partial charge in [-0.2, -0.15) is 0 Å². The minimum Gasteiger partial charge on any atom is -0.455 e. The van der Waals surface area contributed by atoms with Gasteiger partial charge in [0.25, 0.3) is 0 Å². The first-order valence-corrected chi connectivity index (χ1v) is 18.8. The summed E-state index contributed by atoms with van der Waals surface area (Å²) in [5.74, 6) is 1.84. The van der Waals surface area contributed by atoms with E-state index in [-0.39, 0.29) is 0 Å². The van der Waals surface area contributed by atoms with E-state index in [9.17, 15) is 0 Å². The summed E-state index contributed by atoms with van der Waals surface area (Å²) in [6.45, 7) is 0. The second-order valence-corrected chi connectivity index (χ2v) is 14.0. The van der Waals surface area contributed by atoms with E-state index in [4.69, 9.17) is 19.4 Å². The predicted octanol–water partition coefficient (Wildman–Crippen LogP) is 13.2. The van der Waals surface area contributed by atoms with Crippen molar-refractivity contribution in [3.63, 3.8) is 0 Å². The first kappa shape index (κ1) is 31.9. The molecule has 0 radical (unpaired) electrons. The van der Waals surface area contributed by atoms with Crippen molar-refractivity contribution in [2.75, 3.05) is 0 Å². The van der Waals surface area contributed by atoms with Crippen LogP contribution in [-0.2, 0) is 0 Å². The predicted molar refractivity (Wildman–Crippen MR) is 229 cm³/mol. The molecule has 0 atom stereocenters. The highest BCUT2D eigenvalue weighted by Crippen LogP contribution is 2.42. The molecule has 5 heteroatoms. The Kier molecular flexibility index (Phi) is 7.42. The van der Waals surface area contributed by atoms with Crippen molar-refractivity contribution in [1.82, 2.24) is 19.5 Å². The Morgan fingerprint density at radius 2 is 0.893 bits per heavy atom. The third-order valence-electron chi connectivity index (χ3n) is 10.7. The average Bonchev–Trinajstić information content (AvgIpc) is 3.82. The van der Waals surface area contributed by atoms with Crippen LogP contribution in [-0.4, -0.2) is 19.5 Å². The Balaban J connectivity index is 1.07. The second-order valence-electron chi connectivity index (χ2n) is 14.0. The fourth-order valence-corrected chi connectivity index (χ4v) is 8.03.